The lowest BCUT2D eigenvalue weighted by molar-refractivity contribution is -0.149. The largest absolute Gasteiger partial charge is 0.481 e. The summed E-state index contributed by atoms with van der Waals surface area (Å²) in [6.07, 6.45) is 0.452. The maximum atomic E-state index is 13.3. The predicted molar refractivity (Wildman–Crippen MR) is 132 cm³/mol. The van der Waals surface area contributed by atoms with E-state index in [0.29, 0.717) is 44.5 Å². The van der Waals surface area contributed by atoms with Gasteiger partial charge in [0.2, 0.25) is 0 Å². The van der Waals surface area contributed by atoms with Crippen molar-refractivity contribution in [3.63, 3.8) is 0 Å². The molecule has 1 aliphatic heterocycles. The van der Waals surface area contributed by atoms with E-state index >= 15 is 0 Å². The maximum absolute atomic E-state index is 13.3. The molecule has 1 aliphatic carbocycles. The number of amides is 1. The van der Waals surface area contributed by atoms with Crippen LogP contribution in [0.25, 0.3) is 0 Å². The molecule has 200 valence electrons. The fourth-order valence-electron chi connectivity index (χ4n) is 4.03. The topological polar surface area (TPSA) is 169 Å². The average molecular weight is 553 g/mol. The Kier molecular flexibility index (Phi) is 7.97. The monoisotopic (exact) mass is 552 g/mol. The molecule has 4 rings (SSSR count). The molecule has 1 saturated carbocycles. The summed E-state index contributed by atoms with van der Waals surface area (Å²) in [5.74, 6) is -3.21. The van der Waals surface area contributed by atoms with Gasteiger partial charge in [-0.15, -0.1) is 11.3 Å². The van der Waals surface area contributed by atoms with Crippen molar-refractivity contribution in [2.45, 2.75) is 66.8 Å². The Bertz CT molecular complexity index is 1270. The number of ether oxygens (including phenoxy) is 2. The summed E-state index contributed by atoms with van der Waals surface area (Å²) in [6, 6.07) is 6.06. The zero-order chi connectivity index (χ0) is 26.8. The predicted octanol–water partition coefficient (Wildman–Crippen LogP) is 2.77. The molecule has 2 atom stereocenters. The number of benzene rings is 1. The van der Waals surface area contributed by atoms with Crippen LogP contribution in [-0.4, -0.2) is 66.0 Å². The summed E-state index contributed by atoms with van der Waals surface area (Å²) >= 11 is 0.970. The number of carboxylic acids is 2. The molecule has 1 amide bonds. The summed E-state index contributed by atoms with van der Waals surface area (Å²) in [4.78, 5) is 40.7. The summed E-state index contributed by atoms with van der Waals surface area (Å²) < 4.78 is 36.6. The van der Waals surface area contributed by atoms with Crippen LogP contribution in [-0.2, 0) is 39.1 Å². The van der Waals surface area contributed by atoms with Crippen LogP contribution in [0.15, 0.2) is 34.5 Å². The molecule has 1 saturated heterocycles. The Morgan fingerprint density at radius 3 is 2.38 bits per heavy atom. The van der Waals surface area contributed by atoms with Crippen LogP contribution in [0.2, 0.25) is 0 Å². The third-order valence-corrected chi connectivity index (χ3v) is 9.52. The van der Waals surface area contributed by atoms with E-state index in [1.54, 1.807) is 12.1 Å². The van der Waals surface area contributed by atoms with Crippen LogP contribution < -0.4 is 5.32 Å². The molecule has 2 fully saturated rings. The van der Waals surface area contributed by atoms with Gasteiger partial charge in [0.15, 0.2) is 21.1 Å². The van der Waals surface area contributed by atoms with Gasteiger partial charge >= 0.3 is 11.9 Å². The zero-order valence-corrected chi connectivity index (χ0v) is 21.7. The number of hydrogen-bond acceptors (Lipinski definition) is 9. The van der Waals surface area contributed by atoms with E-state index in [1.807, 2.05) is 0 Å². The second kappa shape index (κ2) is 10.9. The number of hydrogen-bond donors (Lipinski definition) is 3. The molecule has 2 unspecified atom stereocenters. The van der Waals surface area contributed by atoms with Crippen LogP contribution in [0.4, 0.5) is 5.13 Å². The second-order valence-electron chi connectivity index (χ2n) is 9.38. The molecular formula is C24H28N2O9S2. The van der Waals surface area contributed by atoms with Gasteiger partial charge in [-0.3, -0.25) is 19.7 Å². The maximum Gasteiger partial charge on any atom is 0.316 e. The number of nitrogens with one attached hydrogen (secondary N) is 1. The summed E-state index contributed by atoms with van der Waals surface area (Å²) in [7, 11) is -3.39. The highest BCUT2D eigenvalue weighted by atomic mass is 32.2. The number of aliphatic carboxylic acids is 2. The number of rotatable bonds is 11. The lowest BCUT2D eigenvalue weighted by atomic mass is 9.84. The van der Waals surface area contributed by atoms with Gasteiger partial charge in [-0.1, -0.05) is 12.1 Å². The van der Waals surface area contributed by atoms with Crippen LogP contribution in [0.1, 0.15) is 56.4 Å². The summed E-state index contributed by atoms with van der Waals surface area (Å²) in [6.45, 7) is 2.24. The molecule has 0 bridgehead atoms. The first kappa shape index (κ1) is 27.2. The van der Waals surface area contributed by atoms with E-state index in [2.05, 4.69) is 10.3 Å². The van der Waals surface area contributed by atoms with E-state index in [-0.39, 0.29) is 27.1 Å². The van der Waals surface area contributed by atoms with E-state index < -0.39 is 45.6 Å². The van der Waals surface area contributed by atoms with Crippen molar-refractivity contribution in [1.29, 1.82) is 0 Å². The van der Waals surface area contributed by atoms with Gasteiger partial charge in [0, 0.05) is 18.6 Å². The quantitative estimate of drug-likeness (QED) is 0.377. The third-order valence-electron chi connectivity index (χ3n) is 6.49. The molecule has 0 radical (unpaired) electrons. The number of carbonyl (C=O) groups is 3. The molecule has 0 spiro atoms. The first-order valence-electron chi connectivity index (χ1n) is 11.8. The molecule has 1 aromatic carbocycles. The molecule has 37 heavy (non-hydrogen) atoms. The molecule has 2 heterocycles. The SMILES string of the molecule is CC(CC(=O)O)(C(=O)O)c1csc(NC(=O)C(OC2CCOCC2)c2ccc(S(=O)(=O)C3CC3)cc2)n1. The Morgan fingerprint density at radius 2 is 1.81 bits per heavy atom. The number of nitrogens with zero attached hydrogens (tertiary/aromatic N) is 1. The highest BCUT2D eigenvalue weighted by molar-refractivity contribution is 7.92. The minimum atomic E-state index is -3.39. The van der Waals surface area contributed by atoms with Gasteiger partial charge in [-0.25, -0.2) is 13.4 Å². The Morgan fingerprint density at radius 1 is 1.16 bits per heavy atom. The summed E-state index contributed by atoms with van der Waals surface area (Å²) in [5, 5.41) is 22.5. The first-order chi connectivity index (χ1) is 17.5. The van der Waals surface area contributed by atoms with Gasteiger partial charge in [0.25, 0.3) is 5.91 Å². The van der Waals surface area contributed by atoms with Crippen molar-refractivity contribution >= 4 is 44.2 Å². The Hall–Kier alpha value is -2.87. The smallest absolute Gasteiger partial charge is 0.316 e. The highest BCUT2D eigenvalue weighted by Crippen LogP contribution is 2.35. The van der Waals surface area contributed by atoms with Crippen LogP contribution in [0.3, 0.4) is 0 Å². The van der Waals surface area contributed by atoms with Gasteiger partial charge < -0.3 is 19.7 Å². The average Bonchev–Trinajstić information content (AvgIpc) is 3.62. The number of carboxylic acid groups (broad SMARTS) is 2. The fourth-order valence-corrected chi connectivity index (χ4v) is 6.54. The molecule has 3 N–H and O–H groups in total. The normalized spacial score (nSPS) is 19.1. The second-order valence-corrected chi connectivity index (χ2v) is 12.5. The highest BCUT2D eigenvalue weighted by Gasteiger charge is 2.40. The van der Waals surface area contributed by atoms with Crippen molar-refractivity contribution in [3.05, 3.63) is 40.9 Å². The standard InChI is InChI=1S/C24H28N2O9S2/c1-24(22(30)31,12-19(27)28)18-13-36-23(25-18)26-21(29)20(35-15-8-10-34-11-9-15)14-2-4-16(5-3-14)37(32,33)17-6-7-17/h2-5,13,15,17,20H,6-12H2,1H3,(H,27,28)(H,30,31)(H,25,26,29). The van der Waals surface area contributed by atoms with Crippen molar-refractivity contribution < 1.29 is 42.5 Å². The Balaban J connectivity index is 1.56. The number of carbonyl (C=O) groups excluding carboxylic acids is 1. The van der Waals surface area contributed by atoms with Crippen molar-refractivity contribution in [3.8, 4) is 0 Å². The molecule has 2 aromatic rings. The van der Waals surface area contributed by atoms with Crippen molar-refractivity contribution in [1.82, 2.24) is 4.98 Å². The van der Waals surface area contributed by atoms with Crippen LogP contribution in [0, 0.1) is 0 Å². The van der Waals surface area contributed by atoms with Crippen molar-refractivity contribution in [2.24, 2.45) is 0 Å². The van der Waals surface area contributed by atoms with E-state index in [1.165, 1.54) is 24.4 Å². The Labute approximate surface area is 217 Å². The molecular weight excluding hydrogens is 524 g/mol. The zero-order valence-electron chi connectivity index (χ0n) is 20.1. The summed E-state index contributed by atoms with van der Waals surface area (Å²) in [5.41, 5.74) is -1.30. The van der Waals surface area contributed by atoms with Gasteiger partial charge in [0.1, 0.15) is 5.41 Å². The number of aromatic nitrogens is 1. The van der Waals surface area contributed by atoms with E-state index in [0.717, 1.165) is 11.3 Å². The van der Waals surface area contributed by atoms with Gasteiger partial charge in [-0.05, 0) is 50.3 Å². The third kappa shape index (κ3) is 6.17. The number of sulfone groups is 1. The first-order valence-corrected chi connectivity index (χ1v) is 14.2. The van der Waals surface area contributed by atoms with Crippen LogP contribution in [0.5, 0.6) is 0 Å². The molecule has 2 aliphatic rings. The lowest BCUT2D eigenvalue weighted by Gasteiger charge is -2.27. The van der Waals surface area contributed by atoms with E-state index in [4.69, 9.17) is 14.6 Å². The molecule has 11 nitrogen and oxygen atoms in total. The van der Waals surface area contributed by atoms with E-state index in [9.17, 15) is 27.9 Å². The number of anilines is 1. The van der Waals surface area contributed by atoms with Crippen LogP contribution >= 0.6 is 11.3 Å². The minimum Gasteiger partial charge on any atom is -0.481 e. The van der Waals surface area contributed by atoms with Crippen molar-refractivity contribution in [2.75, 3.05) is 18.5 Å². The minimum absolute atomic E-state index is 0.0132. The van der Waals surface area contributed by atoms with Gasteiger partial charge in [-0.2, -0.15) is 0 Å². The lowest BCUT2D eigenvalue weighted by Crippen LogP contribution is -2.35. The molecule has 1 aromatic heterocycles. The fraction of sp³-hybridized carbons (Fsp3) is 0.500. The molecule has 13 heteroatoms. The van der Waals surface area contributed by atoms with Gasteiger partial charge in [0.05, 0.1) is 28.4 Å². The number of thiazole rings is 1.